The average Bonchev–Trinajstić information content (AvgIpc) is 2.96. The van der Waals surface area contributed by atoms with Gasteiger partial charge in [-0.15, -0.1) is 0 Å². The van der Waals surface area contributed by atoms with Gasteiger partial charge in [-0.3, -0.25) is 4.79 Å². The summed E-state index contributed by atoms with van der Waals surface area (Å²) in [5.74, 6) is 3.16. The molecule has 0 N–H and O–H groups in total. The molecule has 0 heterocycles. The van der Waals surface area contributed by atoms with Gasteiger partial charge in [-0.1, -0.05) is 28.8 Å². The molecule has 3 heteroatoms. The second-order valence-electron chi connectivity index (χ2n) is 8.32. The van der Waals surface area contributed by atoms with Crippen molar-refractivity contribution in [3.05, 3.63) is 0 Å². The highest BCUT2D eigenvalue weighted by atomic mass is 79.9. The zero-order valence-corrected chi connectivity index (χ0v) is 14.6. The van der Waals surface area contributed by atoms with Crippen LogP contribution in [0.15, 0.2) is 0 Å². The van der Waals surface area contributed by atoms with Gasteiger partial charge >= 0.3 is 0 Å². The van der Waals surface area contributed by atoms with Gasteiger partial charge in [0.15, 0.2) is 0 Å². The van der Waals surface area contributed by atoms with Crippen LogP contribution in [0.25, 0.3) is 0 Å². The first-order chi connectivity index (χ1) is 10.2. The summed E-state index contributed by atoms with van der Waals surface area (Å²) in [4.78, 5) is 15.8. The minimum atomic E-state index is 0.0551. The predicted octanol–water partition coefficient (Wildman–Crippen LogP) is 4.37. The third-order valence-corrected chi connectivity index (χ3v) is 7.20. The maximum absolute atomic E-state index is 13.5. The van der Waals surface area contributed by atoms with E-state index in [0.717, 1.165) is 29.6 Å². The van der Waals surface area contributed by atoms with Crippen LogP contribution < -0.4 is 0 Å². The zero-order valence-electron chi connectivity index (χ0n) is 13.0. The van der Waals surface area contributed by atoms with E-state index in [1.807, 2.05) is 0 Å². The highest BCUT2D eigenvalue weighted by molar-refractivity contribution is 9.09. The molecular formula is C18H28BrNO. The van der Waals surface area contributed by atoms with Crippen LogP contribution in [0.3, 0.4) is 0 Å². The van der Waals surface area contributed by atoms with Crippen molar-refractivity contribution in [1.82, 2.24) is 4.90 Å². The van der Waals surface area contributed by atoms with E-state index in [1.165, 1.54) is 64.2 Å². The summed E-state index contributed by atoms with van der Waals surface area (Å²) in [6.45, 7) is 0.922. The van der Waals surface area contributed by atoms with Gasteiger partial charge in [0.1, 0.15) is 0 Å². The Hall–Kier alpha value is -0.0500. The van der Waals surface area contributed by atoms with Crippen molar-refractivity contribution in [1.29, 1.82) is 0 Å². The van der Waals surface area contributed by atoms with Crippen molar-refractivity contribution in [3.63, 3.8) is 0 Å². The van der Waals surface area contributed by atoms with Crippen molar-refractivity contribution in [3.8, 4) is 0 Å². The fraction of sp³-hybridized carbons (Fsp3) is 0.944. The molecule has 118 valence electrons. The number of amides is 1. The highest BCUT2D eigenvalue weighted by Gasteiger charge is 2.56. The molecule has 0 aromatic carbocycles. The van der Waals surface area contributed by atoms with Crippen LogP contribution in [0.5, 0.6) is 0 Å². The quantitative estimate of drug-likeness (QED) is 0.687. The van der Waals surface area contributed by atoms with Gasteiger partial charge in [-0.25, -0.2) is 0 Å². The summed E-state index contributed by atoms with van der Waals surface area (Å²) in [5.41, 5.74) is 0.0551. The largest absolute Gasteiger partial charge is 0.338 e. The molecule has 4 bridgehead atoms. The Balaban J connectivity index is 1.57. The monoisotopic (exact) mass is 353 g/mol. The lowest BCUT2D eigenvalue weighted by Gasteiger charge is -2.57. The molecule has 5 saturated carbocycles. The van der Waals surface area contributed by atoms with E-state index < -0.39 is 0 Å². The molecule has 1 amide bonds. The van der Waals surface area contributed by atoms with Gasteiger partial charge in [0, 0.05) is 17.9 Å². The standard InChI is InChI=1S/C18H28BrNO/c19-5-6-20(16-3-1-2-4-16)17(21)18-10-13-7-14(11-18)9-15(8-13)12-18/h13-16H,1-12H2. The maximum atomic E-state index is 13.5. The molecule has 0 aliphatic heterocycles. The molecule has 5 fully saturated rings. The van der Waals surface area contributed by atoms with Crippen molar-refractivity contribution in [2.75, 3.05) is 11.9 Å². The minimum absolute atomic E-state index is 0.0551. The van der Waals surface area contributed by atoms with Crippen molar-refractivity contribution >= 4 is 21.8 Å². The Morgan fingerprint density at radius 3 is 2.00 bits per heavy atom. The molecule has 0 spiro atoms. The Labute approximate surface area is 137 Å². The Bertz CT molecular complexity index is 380. The lowest BCUT2D eigenvalue weighted by Crippen LogP contribution is -2.56. The Morgan fingerprint density at radius 1 is 1.00 bits per heavy atom. The maximum Gasteiger partial charge on any atom is 0.229 e. The van der Waals surface area contributed by atoms with Crippen LogP contribution >= 0.6 is 15.9 Å². The molecule has 21 heavy (non-hydrogen) atoms. The van der Waals surface area contributed by atoms with Gasteiger partial charge in [0.25, 0.3) is 0 Å². The number of halogens is 1. The van der Waals surface area contributed by atoms with E-state index in [2.05, 4.69) is 20.8 Å². The molecule has 0 unspecified atom stereocenters. The van der Waals surface area contributed by atoms with Crippen LogP contribution in [0, 0.1) is 23.2 Å². The van der Waals surface area contributed by atoms with Crippen LogP contribution in [0.4, 0.5) is 0 Å². The van der Waals surface area contributed by atoms with Crippen molar-refractivity contribution < 1.29 is 4.79 Å². The first-order valence-corrected chi connectivity index (χ1v) is 10.2. The van der Waals surface area contributed by atoms with Crippen molar-refractivity contribution in [2.45, 2.75) is 70.3 Å². The van der Waals surface area contributed by atoms with Crippen molar-refractivity contribution in [2.24, 2.45) is 23.2 Å². The van der Waals surface area contributed by atoms with E-state index in [-0.39, 0.29) is 5.41 Å². The van der Waals surface area contributed by atoms with Gasteiger partial charge < -0.3 is 4.90 Å². The summed E-state index contributed by atoms with van der Waals surface area (Å²) in [6.07, 6.45) is 13.0. The van der Waals surface area contributed by atoms with Gasteiger partial charge in [-0.05, 0) is 69.1 Å². The SMILES string of the molecule is O=C(N(CCBr)C1CCCC1)C12CC3CC(CC(C3)C1)C2. The number of carbonyl (C=O) groups excluding carboxylic acids is 1. The Kier molecular flexibility index (Phi) is 3.84. The second kappa shape index (κ2) is 5.54. The number of nitrogens with zero attached hydrogens (tertiary/aromatic N) is 1. The van der Waals surface area contributed by atoms with Gasteiger partial charge in [0.05, 0.1) is 5.41 Å². The average molecular weight is 354 g/mol. The number of hydrogen-bond acceptors (Lipinski definition) is 1. The molecule has 0 saturated heterocycles. The summed E-state index contributed by atoms with van der Waals surface area (Å²) in [6, 6.07) is 0.544. The highest BCUT2D eigenvalue weighted by Crippen LogP contribution is 2.60. The predicted molar refractivity (Wildman–Crippen MR) is 88.4 cm³/mol. The zero-order chi connectivity index (χ0) is 14.4. The van der Waals surface area contributed by atoms with Gasteiger partial charge in [0.2, 0.25) is 5.91 Å². The third kappa shape index (κ3) is 2.48. The van der Waals surface area contributed by atoms with Crippen LogP contribution in [0.2, 0.25) is 0 Å². The number of alkyl halides is 1. The normalized spacial score (nSPS) is 41.7. The fourth-order valence-corrected chi connectivity index (χ4v) is 6.82. The van der Waals surface area contributed by atoms with E-state index in [0.29, 0.717) is 11.9 Å². The topological polar surface area (TPSA) is 20.3 Å². The summed E-state index contributed by atoms with van der Waals surface area (Å²) in [7, 11) is 0. The first kappa shape index (κ1) is 14.5. The summed E-state index contributed by atoms with van der Waals surface area (Å²) in [5, 5.41) is 0.932. The summed E-state index contributed by atoms with van der Waals surface area (Å²) >= 11 is 3.58. The van der Waals surface area contributed by atoms with E-state index in [9.17, 15) is 4.79 Å². The number of hydrogen-bond donors (Lipinski definition) is 0. The molecule has 2 nitrogen and oxygen atoms in total. The second-order valence-corrected chi connectivity index (χ2v) is 9.12. The minimum Gasteiger partial charge on any atom is -0.338 e. The van der Waals surface area contributed by atoms with Crippen LogP contribution in [0.1, 0.15) is 64.2 Å². The molecular weight excluding hydrogens is 326 g/mol. The Morgan fingerprint density at radius 2 is 1.52 bits per heavy atom. The molecule has 0 radical (unpaired) electrons. The fourth-order valence-electron chi connectivity index (χ4n) is 6.43. The lowest BCUT2D eigenvalue weighted by atomic mass is 9.49. The third-order valence-electron chi connectivity index (χ3n) is 6.84. The molecule has 5 aliphatic rings. The molecule has 0 aromatic heterocycles. The lowest BCUT2D eigenvalue weighted by molar-refractivity contribution is -0.159. The number of rotatable bonds is 4. The van der Waals surface area contributed by atoms with E-state index in [1.54, 1.807) is 0 Å². The van der Waals surface area contributed by atoms with Crippen LogP contribution in [-0.2, 0) is 4.79 Å². The van der Waals surface area contributed by atoms with Gasteiger partial charge in [-0.2, -0.15) is 0 Å². The summed E-state index contributed by atoms with van der Waals surface area (Å²) < 4.78 is 0. The first-order valence-electron chi connectivity index (χ1n) is 9.07. The van der Waals surface area contributed by atoms with E-state index in [4.69, 9.17) is 0 Å². The smallest absolute Gasteiger partial charge is 0.229 e. The van der Waals surface area contributed by atoms with Crippen LogP contribution in [-0.4, -0.2) is 28.7 Å². The molecule has 0 atom stereocenters. The molecule has 0 aromatic rings. The molecule has 5 aliphatic carbocycles. The van der Waals surface area contributed by atoms with E-state index >= 15 is 0 Å². The number of carbonyl (C=O) groups is 1. The molecule has 5 rings (SSSR count).